The Kier molecular flexibility index (Phi) is 6.68. The number of nitrogens with zero attached hydrogens (tertiary/aromatic N) is 1. The Hall–Kier alpha value is -1.56. The highest BCUT2D eigenvalue weighted by Gasteiger charge is 2.28. The molecule has 1 rings (SSSR count). The summed E-state index contributed by atoms with van der Waals surface area (Å²) >= 11 is 1.58. The van der Waals surface area contributed by atoms with Gasteiger partial charge in [0.2, 0.25) is 0 Å². The summed E-state index contributed by atoms with van der Waals surface area (Å²) in [6.45, 7) is 8.09. The molecule has 0 bridgehead atoms. The van der Waals surface area contributed by atoms with Crippen LogP contribution in [0.25, 0.3) is 0 Å². The molecule has 0 aromatic carbocycles. The van der Waals surface area contributed by atoms with Crippen LogP contribution in [0, 0.1) is 5.92 Å². The number of amides is 2. The first-order chi connectivity index (χ1) is 9.86. The van der Waals surface area contributed by atoms with Crippen LogP contribution in [-0.4, -0.2) is 34.1 Å². The number of carbonyl (C=O) groups is 2. The Balaban J connectivity index is 2.78. The Bertz CT molecular complexity index is 459. The third-order valence-electron chi connectivity index (χ3n) is 3.55. The first kappa shape index (κ1) is 17.5. The molecule has 2 atom stereocenters. The zero-order valence-corrected chi connectivity index (χ0v) is 13.8. The van der Waals surface area contributed by atoms with Crippen LogP contribution in [0.1, 0.15) is 39.0 Å². The fraction of sp³-hybridized carbons (Fsp3) is 0.600. The predicted octanol–water partition coefficient (Wildman–Crippen LogP) is 3.17. The number of carboxylic acid groups (broad SMARTS) is 1. The SMILES string of the molecule is CCC(C)C(NC(=O)N(Cc1cccs1)C(C)C)C(=O)O. The molecule has 0 saturated carbocycles. The third kappa shape index (κ3) is 5.04. The molecular weight excluding hydrogens is 288 g/mol. The summed E-state index contributed by atoms with van der Waals surface area (Å²) in [6.07, 6.45) is 0.698. The van der Waals surface area contributed by atoms with Crippen LogP contribution in [0.5, 0.6) is 0 Å². The van der Waals surface area contributed by atoms with Gasteiger partial charge in [-0.15, -0.1) is 11.3 Å². The van der Waals surface area contributed by atoms with Crippen LogP contribution in [0.15, 0.2) is 17.5 Å². The number of rotatable bonds is 7. The highest BCUT2D eigenvalue weighted by atomic mass is 32.1. The Morgan fingerprint density at radius 2 is 2.05 bits per heavy atom. The lowest BCUT2D eigenvalue weighted by Crippen LogP contribution is -2.51. The average Bonchev–Trinajstić information content (AvgIpc) is 2.93. The molecule has 118 valence electrons. The predicted molar refractivity (Wildman–Crippen MR) is 84.4 cm³/mol. The van der Waals surface area contributed by atoms with Crippen LogP contribution >= 0.6 is 11.3 Å². The van der Waals surface area contributed by atoms with Gasteiger partial charge in [0.25, 0.3) is 0 Å². The number of hydrogen-bond acceptors (Lipinski definition) is 3. The molecule has 0 aliphatic heterocycles. The summed E-state index contributed by atoms with van der Waals surface area (Å²) in [5.74, 6) is -1.10. The summed E-state index contributed by atoms with van der Waals surface area (Å²) in [7, 11) is 0. The molecule has 0 aliphatic rings. The van der Waals surface area contributed by atoms with Crippen LogP contribution < -0.4 is 5.32 Å². The molecule has 1 aromatic heterocycles. The molecule has 1 aromatic rings. The van der Waals surface area contributed by atoms with Crippen molar-refractivity contribution in [2.75, 3.05) is 0 Å². The number of hydrogen-bond donors (Lipinski definition) is 2. The van der Waals surface area contributed by atoms with E-state index in [0.717, 1.165) is 4.88 Å². The number of nitrogens with one attached hydrogen (secondary N) is 1. The van der Waals surface area contributed by atoms with Crippen LogP contribution in [0.3, 0.4) is 0 Å². The van der Waals surface area contributed by atoms with E-state index in [1.54, 1.807) is 16.2 Å². The Labute approximate surface area is 130 Å². The maximum Gasteiger partial charge on any atom is 0.326 e. The highest BCUT2D eigenvalue weighted by molar-refractivity contribution is 7.09. The van der Waals surface area contributed by atoms with Crippen LogP contribution in [-0.2, 0) is 11.3 Å². The molecule has 0 radical (unpaired) electrons. The maximum atomic E-state index is 12.4. The molecule has 6 heteroatoms. The van der Waals surface area contributed by atoms with E-state index in [1.807, 2.05) is 45.2 Å². The second kappa shape index (κ2) is 8.02. The topological polar surface area (TPSA) is 69.6 Å². The minimum absolute atomic E-state index is 0.00141. The zero-order valence-electron chi connectivity index (χ0n) is 13.0. The number of aliphatic carboxylic acids is 1. The molecular formula is C15H24N2O3S. The summed E-state index contributed by atoms with van der Waals surface area (Å²) < 4.78 is 0. The van der Waals surface area contributed by atoms with Gasteiger partial charge >= 0.3 is 12.0 Å². The Morgan fingerprint density at radius 3 is 2.48 bits per heavy atom. The number of thiophene rings is 1. The standard InChI is InChI=1S/C15H24N2O3S/c1-5-11(4)13(14(18)19)16-15(20)17(10(2)3)9-12-7-6-8-21-12/h6-8,10-11,13H,5,9H2,1-4H3,(H,16,20)(H,18,19). The van der Waals surface area contributed by atoms with Crippen LogP contribution in [0.2, 0.25) is 0 Å². The fourth-order valence-corrected chi connectivity index (χ4v) is 2.66. The first-order valence-electron chi connectivity index (χ1n) is 7.19. The number of carbonyl (C=O) groups excluding carboxylic acids is 1. The van der Waals surface area contributed by atoms with E-state index in [1.165, 1.54) is 0 Å². The van der Waals surface area contributed by atoms with Crippen LogP contribution in [0.4, 0.5) is 4.79 Å². The number of urea groups is 1. The molecule has 2 N–H and O–H groups in total. The third-order valence-corrected chi connectivity index (χ3v) is 4.41. The lowest BCUT2D eigenvalue weighted by Gasteiger charge is -2.29. The van der Waals surface area contributed by atoms with Crippen molar-refractivity contribution in [3.8, 4) is 0 Å². The van der Waals surface area contributed by atoms with Crippen molar-refractivity contribution in [1.82, 2.24) is 10.2 Å². The van der Waals surface area contributed by atoms with Gasteiger partial charge in [-0.3, -0.25) is 0 Å². The summed E-state index contributed by atoms with van der Waals surface area (Å²) in [5.41, 5.74) is 0. The van der Waals surface area contributed by atoms with E-state index < -0.39 is 12.0 Å². The summed E-state index contributed by atoms with van der Waals surface area (Å²) in [6, 6.07) is 2.73. The van der Waals surface area contributed by atoms with Crippen molar-refractivity contribution in [2.45, 2.75) is 52.7 Å². The molecule has 0 spiro atoms. The Morgan fingerprint density at radius 1 is 1.38 bits per heavy atom. The lowest BCUT2D eigenvalue weighted by atomic mass is 9.99. The van der Waals surface area contributed by atoms with E-state index in [9.17, 15) is 14.7 Å². The van der Waals surface area contributed by atoms with Gasteiger partial charge in [-0.05, 0) is 31.2 Å². The highest BCUT2D eigenvalue weighted by Crippen LogP contribution is 2.15. The van der Waals surface area contributed by atoms with Crippen molar-refractivity contribution in [1.29, 1.82) is 0 Å². The minimum atomic E-state index is -0.988. The normalized spacial score (nSPS) is 13.8. The molecule has 5 nitrogen and oxygen atoms in total. The van der Waals surface area contributed by atoms with Gasteiger partial charge in [-0.2, -0.15) is 0 Å². The molecule has 21 heavy (non-hydrogen) atoms. The molecule has 2 amide bonds. The van der Waals surface area contributed by atoms with Gasteiger partial charge in [0, 0.05) is 10.9 Å². The van der Waals surface area contributed by atoms with Crippen molar-refractivity contribution in [3.05, 3.63) is 22.4 Å². The second-order valence-electron chi connectivity index (χ2n) is 5.45. The van der Waals surface area contributed by atoms with Crippen molar-refractivity contribution < 1.29 is 14.7 Å². The van der Waals surface area contributed by atoms with Gasteiger partial charge in [-0.1, -0.05) is 26.3 Å². The lowest BCUT2D eigenvalue weighted by molar-refractivity contribution is -0.140. The van der Waals surface area contributed by atoms with Crippen molar-refractivity contribution in [3.63, 3.8) is 0 Å². The quantitative estimate of drug-likeness (QED) is 0.812. The van der Waals surface area contributed by atoms with Gasteiger partial charge in [-0.25, -0.2) is 9.59 Å². The van der Waals surface area contributed by atoms with E-state index >= 15 is 0 Å². The average molecular weight is 312 g/mol. The van der Waals surface area contributed by atoms with Gasteiger partial charge in [0.15, 0.2) is 0 Å². The molecule has 0 fully saturated rings. The monoisotopic (exact) mass is 312 g/mol. The van der Waals surface area contributed by atoms with Crippen molar-refractivity contribution >= 4 is 23.3 Å². The fourth-order valence-electron chi connectivity index (χ4n) is 1.96. The van der Waals surface area contributed by atoms with Gasteiger partial charge < -0.3 is 15.3 Å². The molecule has 1 heterocycles. The zero-order chi connectivity index (χ0) is 16.0. The molecule has 0 saturated heterocycles. The van der Waals surface area contributed by atoms with E-state index in [-0.39, 0.29) is 18.0 Å². The van der Waals surface area contributed by atoms with E-state index in [2.05, 4.69) is 5.32 Å². The summed E-state index contributed by atoms with van der Waals surface area (Å²) in [5, 5.41) is 13.9. The minimum Gasteiger partial charge on any atom is -0.480 e. The first-order valence-corrected chi connectivity index (χ1v) is 8.07. The summed E-state index contributed by atoms with van der Waals surface area (Å²) in [4.78, 5) is 26.5. The molecule has 2 unspecified atom stereocenters. The largest absolute Gasteiger partial charge is 0.480 e. The smallest absolute Gasteiger partial charge is 0.326 e. The van der Waals surface area contributed by atoms with Gasteiger partial charge in [0.05, 0.1) is 6.54 Å². The van der Waals surface area contributed by atoms with Crippen molar-refractivity contribution in [2.24, 2.45) is 5.92 Å². The van der Waals surface area contributed by atoms with E-state index in [4.69, 9.17) is 0 Å². The maximum absolute atomic E-state index is 12.4. The van der Waals surface area contributed by atoms with E-state index in [0.29, 0.717) is 13.0 Å². The second-order valence-corrected chi connectivity index (χ2v) is 6.48. The molecule has 0 aliphatic carbocycles. The number of carboxylic acids is 1. The van der Waals surface area contributed by atoms with Gasteiger partial charge in [0.1, 0.15) is 6.04 Å².